The minimum absolute atomic E-state index is 0.262. The van der Waals surface area contributed by atoms with E-state index < -0.39 is 0 Å². The summed E-state index contributed by atoms with van der Waals surface area (Å²) in [6, 6.07) is 0. The van der Waals surface area contributed by atoms with E-state index in [4.69, 9.17) is 0 Å². The van der Waals surface area contributed by atoms with Gasteiger partial charge in [-0.3, -0.25) is 4.79 Å². The number of hydrogen-bond donors (Lipinski definition) is 0. The molecule has 0 rings (SSSR count). The fourth-order valence-electron chi connectivity index (χ4n) is 0.402. The maximum atomic E-state index is 10.5. The molecule has 0 spiro atoms. The van der Waals surface area contributed by atoms with Crippen LogP contribution in [0.4, 0.5) is 0 Å². The molecule has 0 aliphatic rings. The molecular formula is C8H10O2. The van der Waals surface area contributed by atoms with Gasteiger partial charge in [0.1, 0.15) is 0 Å². The van der Waals surface area contributed by atoms with E-state index in [2.05, 4.69) is 17.9 Å². The molecule has 2 heteroatoms. The molecule has 2 nitrogen and oxygen atoms in total. The maximum absolute atomic E-state index is 10.5. The fourth-order valence-corrected chi connectivity index (χ4v) is 0.402. The van der Waals surface area contributed by atoms with Crippen LogP contribution in [0.5, 0.6) is 0 Å². The molecule has 0 atom stereocenters. The average molecular weight is 138 g/mol. The molecule has 0 aliphatic heterocycles. The first kappa shape index (κ1) is 8.69. The van der Waals surface area contributed by atoms with Gasteiger partial charge in [-0.25, -0.2) is 0 Å². The summed E-state index contributed by atoms with van der Waals surface area (Å²) in [4.78, 5) is 10.5. The molecular weight excluding hydrogens is 128 g/mol. The Balaban J connectivity index is 3.47. The lowest BCUT2D eigenvalue weighted by Gasteiger charge is -1.90. The lowest BCUT2D eigenvalue weighted by atomic mass is 10.4. The van der Waals surface area contributed by atoms with Crippen LogP contribution in [-0.4, -0.2) is 5.97 Å². The van der Waals surface area contributed by atoms with Crippen LogP contribution < -0.4 is 0 Å². The van der Waals surface area contributed by atoms with Crippen molar-refractivity contribution in [1.82, 2.24) is 0 Å². The predicted octanol–water partition coefficient (Wildman–Crippen LogP) is 1.81. The van der Waals surface area contributed by atoms with Crippen molar-refractivity contribution in [3.8, 4) is 0 Å². The first-order chi connectivity index (χ1) is 4.81. The van der Waals surface area contributed by atoms with Crippen LogP contribution in [0, 0.1) is 0 Å². The van der Waals surface area contributed by atoms with Crippen LogP contribution >= 0.6 is 0 Å². The van der Waals surface area contributed by atoms with Crippen LogP contribution in [0.25, 0.3) is 0 Å². The van der Waals surface area contributed by atoms with Crippen LogP contribution in [-0.2, 0) is 9.53 Å². The standard InChI is InChI=1S/C8H10O2/c1-3-5-6-7-8(9)10-4-2/h3-6H,1-2,7H2/b6-5+. The zero-order valence-corrected chi connectivity index (χ0v) is 5.75. The largest absolute Gasteiger partial charge is 0.435 e. The third-order valence-corrected chi connectivity index (χ3v) is 0.771. The number of ether oxygens (including phenoxy) is 1. The summed E-state index contributed by atoms with van der Waals surface area (Å²) in [6.45, 7) is 6.69. The topological polar surface area (TPSA) is 26.3 Å². The number of carbonyl (C=O) groups excluding carboxylic acids is 1. The molecule has 0 radical (unpaired) electrons. The quantitative estimate of drug-likeness (QED) is 0.336. The van der Waals surface area contributed by atoms with E-state index in [0.717, 1.165) is 6.26 Å². The molecule has 0 saturated heterocycles. The average Bonchev–Trinajstić information content (AvgIpc) is 1.89. The molecule has 0 amide bonds. The Morgan fingerprint density at radius 2 is 2.20 bits per heavy atom. The van der Waals surface area contributed by atoms with Crippen LogP contribution in [0.15, 0.2) is 37.6 Å². The first-order valence-corrected chi connectivity index (χ1v) is 2.89. The highest BCUT2D eigenvalue weighted by Crippen LogP contribution is 1.88. The van der Waals surface area contributed by atoms with Crippen molar-refractivity contribution in [3.05, 3.63) is 37.6 Å². The molecule has 0 aliphatic carbocycles. The molecule has 0 N–H and O–H groups in total. The summed E-state index contributed by atoms with van der Waals surface area (Å²) in [6.07, 6.45) is 6.33. The van der Waals surface area contributed by atoms with E-state index in [1.165, 1.54) is 0 Å². The van der Waals surface area contributed by atoms with Crippen LogP contribution in [0.2, 0.25) is 0 Å². The summed E-state index contributed by atoms with van der Waals surface area (Å²) in [5.74, 6) is -0.312. The van der Waals surface area contributed by atoms with E-state index in [9.17, 15) is 4.79 Å². The van der Waals surface area contributed by atoms with Gasteiger partial charge in [-0.2, -0.15) is 0 Å². The van der Waals surface area contributed by atoms with Gasteiger partial charge in [0.05, 0.1) is 12.7 Å². The second kappa shape index (κ2) is 5.82. The molecule has 0 bridgehead atoms. The van der Waals surface area contributed by atoms with Crippen molar-refractivity contribution in [1.29, 1.82) is 0 Å². The number of rotatable bonds is 4. The van der Waals surface area contributed by atoms with Gasteiger partial charge in [0, 0.05) is 0 Å². The molecule has 0 heterocycles. The van der Waals surface area contributed by atoms with Gasteiger partial charge in [0.15, 0.2) is 0 Å². The molecule has 0 fully saturated rings. The summed E-state index contributed by atoms with van der Waals surface area (Å²) in [5.41, 5.74) is 0. The van der Waals surface area contributed by atoms with E-state index in [1.54, 1.807) is 18.2 Å². The van der Waals surface area contributed by atoms with Gasteiger partial charge in [-0.15, -0.1) is 0 Å². The van der Waals surface area contributed by atoms with Crippen molar-refractivity contribution in [2.45, 2.75) is 6.42 Å². The number of hydrogen-bond acceptors (Lipinski definition) is 2. The van der Waals surface area contributed by atoms with E-state index in [1.807, 2.05) is 0 Å². The Morgan fingerprint density at radius 3 is 2.70 bits per heavy atom. The summed E-state index contributed by atoms with van der Waals surface area (Å²) >= 11 is 0. The number of esters is 1. The lowest BCUT2D eigenvalue weighted by Crippen LogP contribution is -1.95. The SMILES string of the molecule is C=C/C=C/CC(=O)OC=C. The van der Waals surface area contributed by atoms with E-state index in [0.29, 0.717) is 0 Å². The van der Waals surface area contributed by atoms with E-state index in [-0.39, 0.29) is 12.4 Å². The smallest absolute Gasteiger partial charge is 0.314 e. The van der Waals surface area contributed by atoms with Crippen molar-refractivity contribution >= 4 is 5.97 Å². The highest BCUT2D eigenvalue weighted by molar-refractivity contribution is 5.71. The van der Waals surface area contributed by atoms with Gasteiger partial charge < -0.3 is 4.74 Å². The van der Waals surface area contributed by atoms with Gasteiger partial charge in [-0.05, 0) is 0 Å². The highest BCUT2D eigenvalue weighted by atomic mass is 16.5. The number of allylic oxidation sites excluding steroid dienone is 2. The minimum Gasteiger partial charge on any atom is -0.435 e. The molecule has 0 saturated carbocycles. The Bertz CT molecular complexity index is 157. The molecule has 0 aromatic carbocycles. The van der Waals surface area contributed by atoms with Gasteiger partial charge in [-0.1, -0.05) is 31.4 Å². The van der Waals surface area contributed by atoms with Crippen molar-refractivity contribution in [3.63, 3.8) is 0 Å². The minimum atomic E-state index is -0.312. The Labute approximate surface area is 60.5 Å². The molecule has 0 unspecified atom stereocenters. The second-order valence-corrected chi connectivity index (χ2v) is 1.52. The lowest BCUT2D eigenvalue weighted by molar-refractivity contribution is -0.136. The summed E-state index contributed by atoms with van der Waals surface area (Å²) < 4.78 is 4.43. The van der Waals surface area contributed by atoms with Crippen LogP contribution in [0.3, 0.4) is 0 Å². The molecule has 10 heavy (non-hydrogen) atoms. The van der Waals surface area contributed by atoms with Gasteiger partial charge in [0.25, 0.3) is 0 Å². The molecule has 0 aromatic rings. The van der Waals surface area contributed by atoms with Crippen molar-refractivity contribution < 1.29 is 9.53 Å². The fraction of sp³-hybridized carbons (Fsp3) is 0.125. The Kier molecular flexibility index (Phi) is 5.06. The van der Waals surface area contributed by atoms with Crippen molar-refractivity contribution in [2.75, 3.05) is 0 Å². The predicted molar refractivity (Wildman–Crippen MR) is 40.2 cm³/mol. The Morgan fingerprint density at radius 1 is 1.50 bits per heavy atom. The van der Waals surface area contributed by atoms with Crippen LogP contribution in [0.1, 0.15) is 6.42 Å². The first-order valence-electron chi connectivity index (χ1n) is 2.89. The van der Waals surface area contributed by atoms with Gasteiger partial charge >= 0.3 is 5.97 Å². The Hall–Kier alpha value is -1.31. The molecule has 0 aromatic heterocycles. The zero-order valence-electron chi connectivity index (χ0n) is 5.75. The second-order valence-electron chi connectivity index (χ2n) is 1.52. The van der Waals surface area contributed by atoms with Crippen molar-refractivity contribution in [2.24, 2.45) is 0 Å². The third-order valence-electron chi connectivity index (χ3n) is 0.771. The molecule has 54 valence electrons. The summed E-state index contributed by atoms with van der Waals surface area (Å²) in [7, 11) is 0. The summed E-state index contributed by atoms with van der Waals surface area (Å²) in [5, 5.41) is 0. The zero-order chi connectivity index (χ0) is 7.82. The maximum Gasteiger partial charge on any atom is 0.314 e. The highest BCUT2D eigenvalue weighted by Gasteiger charge is 1.93. The van der Waals surface area contributed by atoms with E-state index >= 15 is 0 Å². The normalized spacial score (nSPS) is 9.20. The number of carbonyl (C=O) groups is 1. The monoisotopic (exact) mass is 138 g/mol. The van der Waals surface area contributed by atoms with Gasteiger partial charge in [0.2, 0.25) is 0 Å². The third kappa shape index (κ3) is 4.84.